The van der Waals surface area contributed by atoms with E-state index < -0.39 is 0 Å². The smallest absolute Gasteiger partial charge is 0.281 e. The molecule has 0 bridgehead atoms. The van der Waals surface area contributed by atoms with Gasteiger partial charge < -0.3 is 9.47 Å². The number of unbranched alkanes of at least 4 members (excludes halogenated alkanes) is 2. The van der Waals surface area contributed by atoms with Crippen molar-refractivity contribution < 1.29 is 9.47 Å². The Morgan fingerprint density at radius 2 is 1.33 bits per heavy atom. The number of hydrogen-bond donors (Lipinski definition) is 0. The van der Waals surface area contributed by atoms with Crippen LogP contribution >= 0.6 is 0 Å². The van der Waals surface area contributed by atoms with E-state index in [1.807, 2.05) is 0 Å². The van der Waals surface area contributed by atoms with Gasteiger partial charge in [-0.3, -0.25) is 0 Å². The first kappa shape index (κ1) is 14.1. The zero-order valence-electron chi connectivity index (χ0n) is 10.2. The Kier molecular flexibility index (Phi) is 9.14. The number of hydrogen-bond acceptors (Lipinski definition) is 2. The molecule has 0 aromatic heterocycles. The Morgan fingerprint density at radius 3 is 1.67 bits per heavy atom. The van der Waals surface area contributed by atoms with Crippen LogP contribution in [0.3, 0.4) is 0 Å². The summed E-state index contributed by atoms with van der Waals surface area (Å²) in [5, 5.41) is 0. The van der Waals surface area contributed by atoms with E-state index in [-0.39, 0.29) is 0 Å². The largest absolute Gasteiger partial charge is 0.508 e. The molecule has 0 spiro atoms. The highest BCUT2D eigenvalue weighted by Gasteiger charge is 2.03. The minimum Gasteiger partial charge on any atom is -0.508 e. The summed E-state index contributed by atoms with van der Waals surface area (Å²) in [5.74, 6) is 0. The third-order valence-electron chi connectivity index (χ3n) is 2.00. The molecule has 0 aliphatic rings. The molecule has 0 atom stereocenters. The highest BCUT2D eigenvalue weighted by atomic mass is 16.5. The second-order valence-corrected chi connectivity index (χ2v) is 3.66. The normalized spacial score (nSPS) is 9.47. The topological polar surface area (TPSA) is 18.5 Å². The van der Waals surface area contributed by atoms with Crippen molar-refractivity contribution in [1.29, 1.82) is 0 Å². The van der Waals surface area contributed by atoms with E-state index in [4.69, 9.17) is 9.47 Å². The van der Waals surface area contributed by atoms with Crippen LogP contribution in [0, 0.1) is 0 Å². The lowest BCUT2D eigenvalue weighted by Gasteiger charge is -2.10. The fourth-order valence-corrected chi connectivity index (χ4v) is 1.04. The van der Waals surface area contributed by atoms with Gasteiger partial charge in [0.15, 0.2) is 0 Å². The van der Waals surface area contributed by atoms with Gasteiger partial charge in [0.1, 0.15) is 0 Å². The minimum absolute atomic E-state index is 0.618. The van der Waals surface area contributed by atoms with Gasteiger partial charge in [-0.25, -0.2) is 0 Å². The zero-order chi connectivity index (χ0) is 11.5. The first-order valence-electron chi connectivity index (χ1n) is 5.81. The maximum absolute atomic E-state index is 5.42. The van der Waals surface area contributed by atoms with Crippen LogP contribution in [-0.2, 0) is 9.47 Å². The zero-order valence-corrected chi connectivity index (χ0v) is 10.2. The fourth-order valence-electron chi connectivity index (χ4n) is 1.04. The van der Waals surface area contributed by atoms with Gasteiger partial charge in [0.25, 0.3) is 7.28 Å². The van der Waals surface area contributed by atoms with Gasteiger partial charge in [0.2, 0.25) is 0 Å². The van der Waals surface area contributed by atoms with E-state index in [0.29, 0.717) is 7.28 Å². The van der Waals surface area contributed by atoms with Crippen molar-refractivity contribution in [3.05, 3.63) is 24.5 Å². The standard InChI is InChI=1S/C12H23BO2/c1-5-7-9-14-11(3)13-12(4)15-10-8-6-2/h13H,3-10H2,1-2H3. The lowest BCUT2D eigenvalue weighted by molar-refractivity contribution is 0.217. The Hall–Kier alpha value is -0.855. The van der Waals surface area contributed by atoms with Crippen molar-refractivity contribution in [2.75, 3.05) is 13.2 Å². The summed E-state index contributed by atoms with van der Waals surface area (Å²) in [5.41, 5.74) is 1.51. The predicted molar refractivity (Wildman–Crippen MR) is 67.1 cm³/mol. The summed E-state index contributed by atoms with van der Waals surface area (Å²) in [6, 6.07) is 0. The molecule has 86 valence electrons. The Labute approximate surface area is 94.6 Å². The summed E-state index contributed by atoms with van der Waals surface area (Å²) in [6.07, 6.45) is 4.42. The molecule has 2 nitrogen and oxygen atoms in total. The third kappa shape index (κ3) is 9.45. The van der Waals surface area contributed by atoms with E-state index in [9.17, 15) is 0 Å². The Morgan fingerprint density at radius 1 is 0.933 bits per heavy atom. The van der Waals surface area contributed by atoms with E-state index >= 15 is 0 Å². The SMILES string of the molecule is C=C(BC(=C)OCCCC)OCCCC. The van der Waals surface area contributed by atoms with Crippen LogP contribution in [0.15, 0.2) is 24.5 Å². The average molecular weight is 210 g/mol. The maximum Gasteiger partial charge on any atom is 0.281 e. The molecule has 0 aromatic rings. The van der Waals surface area contributed by atoms with Gasteiger partial charge in [-0.2, -0.15) is 0 Å². The molecule has 0 rings (SSSR count). The van der Waals surface area contributed by atoms with Crippen LogP contribution in [-0.4, -0.2) is 20.5 Å². The maximum atomic E-state index is 5.42. The molecule has 3 heteroatoms. The van der Waals surface area contributed by atoms with Gasteiger partial charge in [-0.15, -0.1) is 0 Å². The predicted octanol–water partition coefficient (Wildman–Crippen LogP) is 3.00. The molecule has 0 aliphatic carbocycles. The summed E-state index contributed by atoms with van der Waals surface area (Å²) in [6.45, 7) is 13.4. The average Bonchev–Trinajstić information content (AvgIpc) is 2.18. The molecule has 15 heavy (non-hydrogen) atoms. The van der Waals surface area contributed by atoms with Crippen molar-refractivity contribution in [2.24, 2.45) is 0 Å². The van der Waals surface area contributed by atoms with Crippen LogP contribution < -0.4 is 0 Å². The van der Waals surface area contributed by atoms with E-state index in [2.05, 4.69) is 27.0 Å². The molecule has 0 heterocycles. The summed E-state index contributed by atoms with van der Waals surface area (Å²) < 4.78 is 10.8. The first-order valence-corrected chi connectivity index (χ1v) is 5.81. The van der Waals surface area contributed by atoms with Gasteiger partial charge >= 0.3 is 0 Å². The Balaban J connectivity index is 3.45. The highest BCUT2D eigenvalue weighted by Crippen LogP contribution is 2.02. The van der Waals surface area contributed by atoms with Gasteiger partial charge in [0, 0.05) is 0 Å². The van der Waals surface area contributed by atoms with Crippen LogP contribution in [0.4, 0.5) is 0 Å². The van der Waals surface area contributed by atoms with Crippen molar-refractivity contribution >= 4 is 7.28 Å². The molecule has 0 aromatic carbocycles. The second kappa shape index (κ2) is 9.69. The molecule has 0 aliphatic heterocycles. The number of ether oxygens (including phenoxy) is 2. The molecular weight excluding hydrogens is 187 g/mol. The molecule has 0 unspecified atom stereocenters. The molecule has 0 radical (unpaired) electrons. The second-order valence-electron chi connectivity index (χ2n) is 3.66. The van der Waals surface area contributed by atoms with E-state index in [1.165, 1.54) is 0 Å². The number of rotatable bonds is 10. The minimum atomic E-state index is 0.618. The quantitative estimate of drug-likeness (QED) is 0.313. The van der Waals surface area contributed by atoms with Gasteiger partial charge in [0.05, 0.1) is 24.5 Å². The van der Waals surface area contributed by atoms with Gasteiger partial charge in [-0.05, 0) is 12.8 Å². The van der Waals surface area contributed by atoms with E-state index in [1.54, 1.807) is 0 Å². The van der Waals surface area contributed by atoms with Gasteiger partial charge in [-0.1, -0.05) is 39.8 Å². The summed E-state index contributed by atoms with van der Waals surface area (Å²) >= 11 is 0. The van der Waals surface area contributed by atoms with Crippen LogP contribution in [0.2, 0.25) is 0 Å². The van der Waals surface area contributed by atoms with Crippen LogP contribution in [0.1, 0.15) is 39.5 Å². The summed E-state index contributed by atoms with van der Waals surface area (Å²) in [7, 11) is 0.618. The lowest BCUT2D eigenvalue weighted by Crippen LogP contribution is -2.07. The van der Waals surface area contributed by atoms with Crippen molar-refractivity contribution in [1.82, 2.24) is 0 Å². The highest BCUT2D eigenvalue weighted by molar-refractivity contribution is 6.51. The van der Waals surface area contributed by atoms with Crippen molar-refractivity contribution in [3.63, 3.8) is 0 Å². The third-order valence-corrected chi connectivity index (χ3v) is 2.00. The van der Waals surface area contributed by atoms with Crippen LogP contribution in [0.5, 0.6) is 0 Å². The molecule has 0 amide bonds. The summed E-state index contributed by atoms with van der Waals surface area (Å²) in [4.78, 5) is 0. The molecular formula is C12H23BO2. The molecule has 0 N–H and O–H groups in total. The molecule has 0 fully saturated rings. The Bertz CT molecular complexity index is 170. The van der Waals surface area contributed by atoms with Crippen LogP contribution in [0.25, 0.3) is 0 Å². The van der Waals surface area contributed by atoms with Crippen molar-refractivity contribution in [3.8, 4) is 0 Å². The van der Waals surface area contributed by atoms with Crippen molar-refractivity contribution in [2.45, 2.75) is 39.5 Å². The molecule has 0 saturated carbocycles. The monoisotopic (exact) mass is 210 g/mol. The van der Waals surface area contributed by atoms with E-state index in [0.717, 1.165) is 50.2 Å². The first-order chi connectivity index (χ1) is 7.20. The molecule has 0 saturated heterocycles. The fraction of sp³-hybridized carbons (Fsp3) is 0.667. The lowest BCUT2D eigenvalue weighted by atomic mass is 9.74.